The summed E-state index contributed by atoms with van der Waals surface area (Å²) in [5.74, 6) is 0.737. The number of nitrogens with zero attached hydrogens (tertiary/aromatic N) is 3. The van der Waals surface area contributed by atoms with Crippen LogP contribution in [-0.2, 0) is 4.74 Å². The maximum atomic E-state index is 5.01. The Morgan fingerprint density at radius 1 is 1.48 bits per heavy atom. The molecule has 0 saturated carbocycles. The molecule has 114 valence electrons. The van der Waals surface area contributed by atoms with Gasteiger partial charge in [0.1, 0.15) is 5.84 Å². The average molecular weight is 289 g/mol. The minimum absolute atomic E-state index is 0.582. The Morgan fingerprint density at radius 3 is 2.90 bits per heavy atom. The first kappa shape index (κ1) is 16.8. The molecule has 0 unspecified atom stereocenters. The molecular formula is C15H23N5O. The molecule has 6 nitrogen and oxygen atoms in total. The van der Waals surface area contributed by atoms with Crippen LogP contribution in [0.4, 0.5) is 0 Å². The van der Waals surface area contributed by atoms with Crippen molar-refractivity contribution in [1.82, 2.24) is 15.5 Å². The third kappa shape index (κ3) is 6.18. The van der Waals surface area contributed by atoms with E-state index in [4.69, 9.17) is 4.74 Å². The Labute approximate surface area is 125 Å². The molecule has 1 heterocycles. The van der Waals surface area contributed by atoms with Crippen molar-refractivity contribution in [2.24, 2.45) is 9.98 Å². The molecule has 0 aliphatic heterocycles. The standard InChI is InChI=1S/C15H23N5O/c1-5-6-16-15(17-7-8-21-4)13(3)18-9-12(2)14-10-19-20-11-14/h5-6,9-11H,7-8H2,1-4H3,(H,16,17)(H,19,20)/b6-5-,12-9+,18-13?. The summed E-state index contributed by atoms with van der Waals surface area (Å²) in [4.78, 5) is 8.90. The lowest BCUT2D eigenvalue weighted by molar-refractivity contribution is 0.208. The molecule has 0 radical (unpaired) electrons. The fraction of sp³-hybridized carbons (Fsp3) is 0.400. The third-order valence-corrected chi connectivity index (χ3v) is 2.70. The molecule has 0 saturated heterocycles. The molecule has 0 fully saturated rings. The minimum Gasteiger partial charge on any atom is -0.383 e. The summed E-state index contributed by atoms with van der Waals surface area (Å²) in [5.41, 5.74) is 2.86. The molecular weight excluding hydrogens is 266 g/mol. The van der Waals surface area contributed by atoms with Gasteiger partial charge in [0.05, 0.1) is 25.1 Å². The fourth-order valence-corrected chi connectivity index (χ4v) is 1.47. The van der Waals surface area contributed by atoms with Crippen LogP contribution >= 0.6 is 0 Å². The molecule has 1 rings (SSSR count). The first-order valence-electron chi connectivity index (χ1n) is 6.80. The van der Waals surface area contributed by atoms with Crippen LogP contribution in [0.2, 0.25) is 0 Å². The zero-order valence-corrected chi connectivity index (χ0v) is 13.1. The number of methoxy groups -OCH3 is 1. The second-order valence-corrected chi connectivity index (χ2v) is 4.38. The normalized spacial score (nSPS) is 14.0. The van der Waals surface area contributed by atoms with Crippen LogP contribution < -0.4 is 5.32 Å². The third-order valence-electron chi connectivity index (χ3n) is 2.70. The predicted molar refractivity (Wildman–Crippen MR) is 87.5 cm³/mol. The van der Waals surface area contributed by atoms with Crippen molar-refractivity contribution in [3.05, 3.63) is 36.4 Å². The molecule has 21 heavy (non-hydrogen) atoms. The summed E-state index contributed by atoms with van der Waals surface area (Å²) in [6.45, 7) is 7.02. The van der Waals surface area contributed by atoms with Crippen LogP contribution in [0, 0.1) is 0 Å². The predicted octanol–water partition coefficient (Wildman–Crippen LogP) is 2.40. The number of nitrogens with one attached hydrogen (secondary N) is 2. The van der Waals surface area contributed by atoms with Gasteiger partial charge in [-0.2, -0.15) is 5.10 Å². The van der Waals surface area contributed by atoms with E-state index in [0.717, 1.165) is 22.7 Å². The van der Waals surface area contributed by atoms with E-state index in [2.05, 4.69) is 25.5 Å². The van der Waals surface area contributed by atoms with Crippen LogP contribution in [0.15, 0.2) is 40.9 Å². The van der Waals surface area contributed by atoms with Gasteiger partial charge in [0, 0.05) is 25.1 Å². The number of aliphatic imine (C=N–C) groups is 2. The number of aromatic nitrogens is 2. The second kappa shape index (κ2) is 9.66. The molecule has 0 aliphatic carbocycles. The first-order chi connectivity index (χ1) is 10.2. The molecule has 2 N–H and O–H groups in total. The quantitative estimate of drug-likeness (QED) is 0.460. The number of hydrogen-bond donors (Lipinski definition) is 2. The lowest BCUT2D eigenvalue weighted by atomic mass is 10.2. The highest BCUT2D eigenvalue weighted by molar-refractivity contribution is 6.40. The zero-order valence-electron chi connectivity index (χ0n) is 13.1. The van der Waals surface area contributed by atoms with Crippen LogP contribution in [0.25, 0.3) is 5.57 Å². The minimum atomic E-state index is 0.582. The summed E-state index contributed by atoms with van der Waals surface area (Å²) in [5, 5.41) is 9.83. The molecule has 0 aliphatic rings. The first-order valence-corrected chi connectivity index (χ1v) is 6.80. The van der Waals surface area contributed by atoms with Crippen LogP contribution in [0.5, 0.6) is 0 Å². The van der Waals surface area contributed by atoms with Crippen molar-refractivity contribution < 1.29 is 4.74 Å². The van der Waals surface area contributed by atoms with Crippen LogP contribution in [0.3, 0.4) is 0 Å². The van der Waals surface area contributed by atoms with E-state index in [-0.39, 0.29) is 0 Å². The monoisotopic (exact) mass is 289 g/mol. The SMILES string of the molecule is C/C=C\NC(=NCCOC)C(C)=N/C=C(\C)c1cn[nH]c1. The second-order valence-electron chi connectivity index (χ2n) is 4.38. The Morgan fingerprint density at radius 2 is 2.29 bits per heavy atom. The Hall–Kier alpha value is -2.21. The van der Waals surface area contributed by atoms with Gasteiger partial charge in [-0.15, -0.1) is 0 Å². The topological polar surface area (TPSA) is 74.7 Å². The summed E-state index contributed by atoms with van der Waals surface area (Å²) in [6.07, 6.45) is 9.15. The van der Waals surface area contributed by atoms with Gasteiger partial charge >= 0.3 is 0 Å². The summed E-state index contributed by atoms with van der Waals surface area (Å²) >= 11 is 0. The van der Waals surface area contributed by atoms with Crippen molar-refractivity contribution in [3.63, 3.8) is 0 Å². The number of hydrogen-bond acceptors (Lipinski definition) is 4. The summed E-state index contributed by atoms with van der Waals surface area (Å²) in [6, 6.07) is 0. The molecule has 0 spiro atoms. The summed E-state index contributed by atoms with van der Waals surface area (Å²) in [7, 11) is 1.66. The van der Waals surface area contributed by atoms with E-state index in [0.29, 0.717) is 13.2 Å². The number of ether oxygens (including phenoxy) is 1. The molecule has 6 heteroatoms. The van der Waals surface area contributed by atoms with E-state index in [1.807, 2.05) is 45.4 Å². The van der Waals surface area contributed by atoms with Gasteiger partial charge in [-0.1, -0.05) is 6.08 Å². The maximum absolute atomic E-state index is 5.01. The Bertz CT molecular complexity index is 526. The van der Waals surface area contributed by atoms with E-state index in [9.17, 15) is 0 Å². The number of allylic oxidation sites excluding steroid dienone is 2. The van der Waals surface area contributed by atoms with Gasteiger partial charge in [-0.05, 0) is 32.5 Å². The molecule has 1 aromatic rings. The average Bonchev–Trinajstić information content (AvgIpc) is 3.02. The number of aromatic amines is 1. The van der Waals surface area contributed by atoms with E-state index >= 15 is 0 Å². The van der Waals surface area contributed by atoms with Crippen molar-refractivity contribution in [1.29, 1.82) is 0 Å². The van der Waals surface area contributed by atoms with Crippen molar-refractivity contribution >= 4 is 17.1 Å². The van der Waals surface area contributed by atoms with E-state index in [1.165, 1.54) is 0 Å². The van der Waals surface area contributed by atoms with Gasteiger partial charge in [-0.3, -0.25) is 15.1 Å². The van der Waals surface area contributed by atoms with Crippen LogP contribution in [-0.4, -0.2) is 42.0 Å². The highest BCUT2D eigenvalue weighted by atomic mass is 16.5. The molecule has 0 bridgehead atoms. The van der Waals surface area contributed by atoms with E-state index < -0.39 is 0 Å². The smallest absolute Gasteiger partial charge is 0.146 e. The lowest BCUT2D eigenvalue weighted by Gasteiger charge is -2.05. The van der Waals surface area contributed by atoms with Gasteiger partial charge in [0.15, 0.2) is 0 Å². The maximum Gasteiger partial charge on any atom is 0.146 e. The molecule has 1 aromatic heterocycles. The number of amidine groups is 1. The Balaban J connectivity index is 2.82. The van der Waals surface area contributed by atoms with Gasteiger partial charge in [0.25, 0.3) is 0 Å². The highest BCUT2D eigenvalue weighted by Gasteiger charge is 2.01. The number of H-pyrrole nitrogens is 1. The van der Waals surface area contributed by atoms with Crippen molar-refractivity contribution in [2.75, 3.05) is 20.3 Å². The van der Waals surface area contributed by atoms with Gasteiger partial charge < -0.3 is 10.1 Å². The molecule has 0 atom stereocenters. The van der Waals surface area contributed by atoms with Crippen molar-refractivity contribution in [2.45, 2.75) is 20.8 Å². The zero-order chi connectivity index (χ0) is 15.5. The largest absolute Gasteiger partial charge is 0.383 e. The fourth-order valence-electron chi connectivity index (χ4n) is 1.47. The van der Waals surface area contributed by atoms with Crippen LogP contribution in [0.1, 0.15) is 26.3 Å². The van der Waals surface area contributed by atoms with Crippen molar-refractivity contribution in [3.8, 4) is 0 Å². The molecule has 0 amide bonds. The van der Waals surface area contributed by atoms with Gasteiger partial charge in [0.2, 0.25) is 0 Å². The Kier molecular flexibility index (Phi) is 7.74. The number of rotatable bonds is 7. The molecule has 0 aromatic carbocycles. The lowest BCUT2D eigenvalue weighted by Crippen LogP contribution is -2.26. The van der Waals surface area contributed by atoms with E-state index in [1.54, 1.807) is 13.3 Å². The highest BCUT2D eigenvalue weighted by Crippen LogP contribution is 2.10. The van der Waals surface area contributed by atoms with Gasteiger partial charge in [-0.25, -0.2) is 0 Å². The summed E-state index contributed by atoms with van der Waals surface area (Å²) < 4.78 is 5.01.